The van der Waals surface area contributed by atoms with Crippen LogP contribution in [0.1, 0.15) is 21.5 Å². The van der Waals surface area contributed by atoms with Gasteiger partial charge in [-0.25, -0.2) is 13.1 Å². The van der Waals surface area contributed by atoms with Crippen LogP contribution in [0.25, 0.3) is 0 Å². The number of carbonyl (C=O) groups is 1. The maximum atomic E-state index is 11.9. The zero-order chi connectivity index (χ0) is 13.9. The van der Waals surface area contributed by atoms with Gasteiger partial charge in [-0.1, -0.05) is 6.07 Å². The van der Waals surface area contributed by atoms with E-state index < -0.39 is 10.0 Å². The van der Waals surface area contributed by atoms with Crippen LogP contribution in [-0.2, 0) is 23.1 Å². The summed E-state index contributed by atoms with van der Waals surface area (Å²) < 4.78 is 24.0. The second-order valence-electron chi connectivity index (χ2n) is 4.51. The summed E-state index contributed by atoms with van der Waals surface area (Å²) in [6, 6.07) is 5.60. The first-order valence-corrected chi connectivity index (χ1v) is 7.90. The van der Waals surface area contributed by atoms with E-state index in [0.717, 1.165) is 24.9 Å². The Morgan fingerprint density at radius 3 is 2.74 bits per heavy atom. The predicted octanol–water partition coefficient (Wildman–Crippen LogP) is -0.431. The van der Waals surface area contributed by atoms with E-state index in [1.54, 1.807) is 6.07 Å². The second kappa shape index (κ2) is 5.68. The topological polar surface area (TPSA) is 87.3 Å². The zero-order valence-corrected chi connectivity index (χ0v) is 11.5. The van der Waals surface area contributed by atoms with Crippen LogP contribution in [0.15, 0.2) is 18.2 Å². The molecule has 1 aliphatic heterocycles. The Morgan fingerprint density at radius 2 is 2.00 bits per heavy atom. The van der Waals surface area contributed by atoms with Crippen molar-refractivity contribution in [2.24, 2.45) is 0 Å². The normalized spacial score (nSPS) is 14.2. The van der Waals surface area contributed by atoms with E-state index in [-0.39, 0.29) is 19.0 Å². The van der Waals surface area contributed by atoms with Gasteiger partial charge in [-0.05, 0) is 23.3 Å². The van der Waals surface area contributed by atoms with Gasteiger partial charge in [0.05, 0.1) is 6.26 Å². The molecule has 0 aromatic heterocycles. The van der Waals surface area contributed by atoms with Crippen LogP contribution in [0.5, 0.6) is 0 Å². The quantitative estimate of drug-likeness (QED) is 0.640. The summed E-state index contributed by atoms with van der Waals surface area (Å²) >= 11 is 0. The molecule has 2 rings (SSSR count). The number of amides is 1. The highest BCUT2D eigenvalue weighted by Gasteiger charge is 2.13. The third-order valence-corrected chi connectivity index (χ3v) is 3.60. The first-order chi connectivity index (χ1) is 8.96. The van der Waals surface area contributed by atoms with Crippen LogP contribution in [0.3, 0.4) is 0 Å². The molecule has 1 heterocycles. The molecular formula is C12H17N3O3S. The maximum Gasteiger partial charge on any atom is 0.251 e. The zero-order valence-electron chi connectivity index (χ0n) is 10.7. The molecule has 3 N–H and O–H groups in total. The fourth-order valence-electron chi connectivity index (χ4n) is 1.95. The highest BCUT2D eigenvalue weighted by Crippen LogP contribution is 2.16. The van der Waals surface area contributed by atoms with Crippen LogP contribution >= 0.6 is 0 Å². The van der Waals surface area contributed by atoms with Crippen molar-refractivity contribution in [1.29, 1.82) is 0 Å². The molecule has 0 radical (unpaired) electrons. The molecular weight excluding hydrogens is 266 g/mol. The molecule has 0 saturated carbocycles. The molecule has 0 saturated heterocycles. The van der Waals surface area contributed by atoms with E-state index in [1.165, 1.54) is 5.56 Å². The molecule has 0 bridgehead atoms. The minimum atomic E-state index is -3.20. The highest BCUT2D eigenvalue weighted by atomic mass is 32.2. The van der Waals surface area contributed by atoms with Gasteiger partial charge in [0.25, 0.3) is 5.91 Å². The van der Waals surface area contributed by atoms with Gasteiger partial charge in [-0.2, -0.15) is 0 Å². The Bertz CT molecular complexity index is 584. The fraction of sp³-hybridized carbons (Fsp3) is 0.417. The van der Waals surface area contributed by atoms with Crippen LogP contribution < -0.4 is 15.4 Å². The monoisotopic (exact) mass is 283 g/mol. The van der Waals surface area contributed by atoms with Gasteiger partial charge in [0.2, 0.25) is 10.0 Å². The van der Waals surface area contributed by atoms with Crippen molar-refractivity contribution in [2.45, 2.75) is 13.1 Å². The summed E-state index contributed by atoms with van der Waals surface area (Å²) in [4.78, 5) is 11.9. The average Bonchev–Trinajstić information content (AvgIpc) is 2.80. The molecule has 1 aromatic rings. The first-order valence-electron chi connectivity index (χ1n) is 6.01. The van der Waals surface area contributed by atoms with Gasteiger partial charge in [-0.15, -0.1) is 0 Å². The van der Waals surface area contributed by atoms with Crippen LogP contribution in [0.4, 0.5) is 0 Å². The summed E-state index contributed by atoms with van der Waals surface area (Å²) in [6.45, 7) is 2.08. The van der Waals surface area contributed by atoms with Gasteiger partial charge >= 0.3 is 0 Å². The molecule has 1 aliphatic rings. The third-order valence-electron chi connectivity index (χ3n) is 2.87. The van der Waals surface area contributed by atoms with Crippen molar-refractivity contribution in [3.63, 3.8) is 0 Å². The van der Waals surface area contributed by atoms with Gasteiger partial charge in [-0.3, -0.25) is 4.79 Å². The van der Waals surface area contributed by atoms with E-state index in [2.05, 4.69) is 15.4 Å². The molecule has 1 amide bonds. The van der Waals surface area contributed by atoms with Crippen LogP contribution in [0, 0.1) is 0 Å². The van der Waals surface area contributed by atoms with Crippen molar-refractivity contribution in [2.75, 3.05) is 19.3 Å². The summed E-state index contributed by atoms with van der Waals surface area (Å²) in [5.41, 5.74) is 2.96. The third kappa shape index (κ3) is 4.02. The van der Waals surface area contributed by atoms with Gasteiger partial charge in [0, 0.05) is 31.7 Å². The van der Waals surface area contributed by atoms with Crippen LogP contribution in [-0.4, -0.2) is 33.7 Å². The summed E-state index contributed by atoms with van der Waals surface area (Å²) in [5.74, 6) is -0.190. The average molecular weight is 283 g/mol. The molecule has 19 heavy (non-hydrogen) atoms. The smallest absolute Gasteiger partial charge is 0.251 e. The largest absolute Gasteiger partial charge is 0.351 e. The lowest BCUT2D eigenvalue weighted by Gasteiger charge is -2.07. The van der Waals surface area contributed by atoms with E-state index in [9.17, 15) is 13.2 Å². The Kier molecular flexibility index (Phi) is 4.18. The lowest BCUT2D eigenvalue weighted by molar-refractivity contribution is 0.0954. The maximum absolute atomic E-state index is 11.9. The Balaban J connectivity index is 1.87. The summed E-state index contributed by atoms with van der Waals surface area (Å²) in [5, 5.41) is 5.89. The van der Waals surface area contributed by atoms with Crippen LogP contribution in [0.2, 0.25) is 0 Å². The van der Waals surface area contributed by atoms with Gasteiger partial charge in [0.15, 0.2) is 0 Å². The minimum Gasteiger partial charge on any atom is -0.351 e. The standard InChI is InChI=1S/C12H17N3O3S/c1-19(17,18)15-5-4-14-12(16)9-2-3-10-7-13-8-11(10)6-9/h2-3,6,13,15H,4-5,7-8H2,1H3,(H,14,16). The summed E-state index contributed by atoms with van der Waals surface area (Å²) in [6.07, 6.45) is 1.09. The molecule has 6 nitrogen and oxygen atoms in total. The summed E-state index contributed by atoms with van der Waals surface area (Å²) in [7, 11) is -3.20. The van der Waals surface area contributed by atoms with Crippen molar-refractivity contribution in [3.05, 3.63) is 34.9 Å². The minimum absolute atomic E-state index is 0.190. The molecule has 104 valence electrons. The van der Waals surface area contributed by atoms with Gasteiger partial charge < -0.3 is 10.6 Å². The number of hydrogen-bond donors (Lipinski definition) is 3. The van der Waals surface area contributed by atoms with E-state index in [1.807, 2.05) is 12.1 Å². The lowest BCUT2D eigenvalue weighted by Crippen LogP contribution is -2.34. The van der Waals surface area contributed by atoms with Crippen molar-refractivity contribution >= 4 is 15.9 Å². The molecule has 0 atom stereocenters. The Labute approximate surface area is 112 Å². The van der Waals surface area contributed by atoms with Crippen molar-refractivity contribution < 1.29 is 13.2 Å². The van der Waals surface area contributed by atoms with Crippen molar-refractivity contribution in [1.82, 2.24) is 15.4 Å². The number of nitrogens with one attached hydrogen (secondary N) is 3. The molecule has 0 aliphatic carbocycles. The molecule has 0 unspecified atom stereocenters. The molecule has 7 heteroatoms. The van der Waals surface area contributed by atoms with E-state index in [4.69, 9.17) is 0 Å². The Hall–Kier alpha value is -1.44. The number of sulfonamides is 1. The van der Waals surface area contributed by atoms with Gasteiger partial charge in [0.1, 0.15) is 0 Å². The number of hydrogen-bond acceptors (Lipinski definition) is 4. The SMILES string of the molecule is CS(=O)(=O)NCCNC(=O)c1ccc2c(c1)CNC2. The van der Waals surface area contributed by atoms with E-state index in [0.29, 0.717) is 5.56 Å². The lowest BCUT2D eigenvalue weighted by atomic mass is 10.1. The highest BCUT2D eigenvalue weighted by molar-refractivity contribution is 7.88. The fourth-order valence-corrected chi connectivity index (χ4v) is 2.42. The number of rotatable bonds is 5. The molecule has 0 fully saturated rings. The first kappa shape index (κ1) is 14.0. The van der Waals surface area contributed by atoms with Crippen molar-refractivity contribution in [3.8, 4) is 0 Å². The second-order valence-corrected chi connectivity index (χ2v) is 6.34. The number of carbonyl (C=O) groups excluding carboxylic acids is 1. The molecule has 0 spiro atoms. The Morgan fingerprint density at radius 1 is 1.26 bits per heavy atom. The molecule has 1 aromatic carbocycles. The number of benzene rings is 1. The number of fused-ring (bicyclic) bond motifs is 1. The van der Waals surface area contributed by atoms with E-state index >= 15 is 0 Å². The predicted molar refractivity (Wildman–Crippen MR) is 72.2 cm³/mol.